The standard InChI is InChI=1S/C27H45N3/c1-7-23-15-22(13-14-29(23)26(2,3)4)17-27(5,6)30-20-24-16-25(30)19-28(24)18-21-11-9-8-10-12-21/h8-12,22-25H,7,13-20H2,1-6H3. The molecule has 3 saturated heterocycles. The maximum absolute atomic E-state index is 2.89. The zero-order valence-electron chi connectivity index (χ0n) is 20.4. The van der Waals surface area contributed by atoms with Crippen molar-refractivity contribution in [1.82, 2.24) is 14.7 Å². The quantitative estimate of drug-likeness (QED) is 0.620. The summed E-state index contributed by atoms with van der Waals surface area (Å²) in [7, 11) is 0. The maximum Gasteiger partial charge on any atom is 0.0244 e. The zero-order valence-corrected chi connectivity index (χ0v) is 20.4. The van der Waals surface area contributed by atoms with Crippen molar-refractivity contribution in [2.75, 3.05) is 19.6 Å². The molecule has 0 spiro atoms. The number of likely N-dealkylation sites (tertiary alicyclic amines) is 3. The van der Waals surface area contributed by atoms with Crippen molar-refractivity contribution in [3.63, 3.8) is 0 Å². The van der Waals surface area contributed by atoms with Crippen LogP contribution in [-0.4, -0.2) is 63.5 Å². The van der Waals surface area contributed by atoms with E-state index in [0.29, 0.717) is 11.1 Å². The third kappa shape index (κ3) is 4.64. The van der Waals surface area contributed by atoms with Crippen molar-refractivity contribution >= 4 is 0 Å². The van der Waals surface area contributed by atoms with Gasteiger partial charge in [0.05, 0.1) is 0 Å². The Morgan fingerprint density at radius 3 is 2.23 bits per heavy atom. The summed E-state index contributed by atoms with van der Waals surface area (Å²) in [6.07, 6.45) is 6.79. The van der Waals surface area contributed by atoms with Crippen molar-refractivity contribution in [2.24, 2.45) is 5.92 Å². The van der Waals surface area contributed by atoms with E-state index in [1.165, 1.54) is 57.3 Å². The van der Waals surface area contributed by atoms with E-state index in [1.54, 1.807) is 0 Å². The molecule has 2 bridgehead atoms. The molecular formula is C27H45N3. The van der Waals surface area contributed by atoms with Crippen LogP contribution < -0.4 is 0 Å². The van der Waals surface area contributed by atoms with Gasteiger partial charge >= 0.3 is 0 Å². The van der Waals surface area contributed by atoms with Gasteiger partial charge in [0.25, 0.3) is 0 Å². The minimum Gasteiger partial charge on any atom is -0.296 e. The van der Waals surface area contributed by atoms with Crippen LogP contribution in [0.3, 0.4) is 0 Å². The molecule has 0 N–H and O–H groups in total. The molecule has 3 heteroatoms. The van der Waals surface area contributed by atoms with Gasteiger partial charge in [0.15, 0.2) is 0 Å². The number of fused-ring (bicyclic) bond motifs is 2. The first-order valence-corrected chi connectivity index (χ1v) is 12.5. The monoisotopic (exact) mass is 411 g/mol. The lowest BCUT2D eigenvalue weighted by Crippen LogP contribution is -2.56. The third-order valence-corrected chi connectivity index (χ3v) is 8.31. The van der Waals surface area contributed by atoms with E-state index in [-0.39, 0.29) is 0 Å². The van der Waals surface area contributed by atoms with Gasteiger partial charge in [-0.1, -0.05) is 37.3 Å². The summed E-state index contributed by atoms with van der Waals surface area (Å²) < 4.78 is 0. The molecule has 0 amide bonds. The molecule has 4 rings (SSSR count). The van der Waals surface area contributed by atoms with E-state index < -0.39 is 0 Å². The van der Waals surface area contributed by atoms with Crippen LogP contribution in [0.25, 0.3) is 0 Å². The second-order valence-corrected chi connectivity index (χ2v) is 11.9. The lowest BCUT2D eigenvalue weighted by molar-refractivity contribution is -0.00494. The molecule has 1 aromatic rings. The number of piperidine rings is 1. The van der Waals surface area contributed by atoms with Crippen LogP contribution in [0.2, 0.25) is 0 Å². The topological polar surface area (TPSA) is 9.72 Å². The fourth-order valence-corrected chi connectivity index (χ4v) is 6.92. The molecule has 3 heterocycles. The fourth-order valence-electron chi connectivity index (χ4n) is 6.92. The van der Waals surface area contributed by atoms with Gasteiger partial charge < -0.3 is 0 Å². The summed E-state index contributed by atoms with van der Waals surface area (Å²) in [6.45, 7) is 19.5. The molecule has 1 aromatic carbocycles. The Kier molecular flexibility index (Phi) is 6.36. The molecule has 3 aliphatic heterocycles. The highest BCUT2D eigenvalue weighted by Gasteiger charge is 2.48. The Hall–Kier alpha value is -0.900. The molecule has 30 heavy (non-hydrogen) atoms. The predicted octanol–water partition coefficient (Wildman–Crippen LogP) is 5.40. The number of piperazine rings is 1. The van der Waals surface area contributed by atoms with Gasteiger partial charge in [0, 0.05) is 48.8 Å². The number of rotatable bonds is 6. The van der Waals surface area contributed by atoms with Gasteiger partial charge in [-0.05, 0) is 84.7 Å². The minimum atomic E-state index is 0.303. The zero-order chi connectivity index (χ0) is 21.5. The Morgan fingerprint density at radius 2 is 1.63 bits per heavy atom. The Bertz CT molecular complexity index is 692. The van der Waals surface area contributed by atoms with Crippen molar-refractivity contribution < 1.29 is 0 Å². The van der Waals surface area contributed by atoms with Crippen molar-refractivity contribution in [3.05, 3.63) is 35.9 Å². The first-order valence-electron chi connectivity index (χ1n) is 12.5. The molecule has 0 radical (unpaired) electrons. The van der Waals surface area contributed by atoms with Crippen molar-refractivity contribution in [2.45, 2.75) is 109 Å². The molecule has 4 atom stereocenters. The molecule has 3 fully saturated rings. The van der Waals surface area contributed by atoms with Crippen LogP contribution in [-0.2, 0) is 6.54 Å². The molecule has 0 aliphatic carbocycles. The van der Waals surface area contributed by atoms with Crippen LogP contribution in [0.1, 0.15) is 79.2 Å². The normalized spacial score (nSPS) is 31.5. The van der Waals surface area contributed by atoms with Gasteiger partial charge in [-0.15, -0.1) is 0 Å². The van der Waals surface area contributed by atoms with E-state index in [1.807, 2.05) is 0 Å². The van der Waals surface area contributed by atoms with Gasteiger partial charge in [0.1, 0.15) is 0 Å². The lowest BCUT2D eigenvalue weighted by Gasteiger charge is -2.50. The molecule has 0 saturated carbocycles. The smallest absolute Gasteiger partial charge is 0.0244 e. The Balaban J connectivity index is 1.33. The van der Waals surface area contributed by atoms with Crippen LogP contribution in [0.4, 0.5) is 0 Å². The highest BCUT2D eigenvalue weighted by molar-refractivity contribution is 5.16. The van der Waals surface area contributed by atoms with Crippen LogP contribution in [0.15, 0.2) is 30.3 Å². The van der Waals surface area contributed by atoms with Crippen LogP contribution >= 0.6 is 0 Å². The number of nitrogens with zero attached hydrogens (tertiary/aromatic N) is 3. The summed E-state index contributed by atoms with van der Waals surface area (Å²) in [4.78, 5) is 8.40. The summed E-state index contributed by atoms with van der Waals surface area (Å²) in [5.74, 6) is 0.878. The average Bonchev–Trinajstić information content (AvgIpc) is 3.28. The van der Waals surface area contributed by atoms with E-state index in [9.17, 15) is 0 Å². The summed E-state index contributed by atoms with van der Waals surface area (Å²) in [6, 6.07) is 13.3. The van der Waals surface area contributed by atoms with Gasteiger partial charge in [-0.25, -0.2) is 0 Å². The molecule has 0 aromatic heterocycles. The Labute approximate surface area is 185 Å². The molecule has 3 aliphatic rings. The summed E-state index contributed by atoms with van der Waals surface area (Å²) in [5.41, 5.74) is 2.09. The van der Waals surface area contributed by atoms with Crippen molar-refractivity contribution in [1.29, 1.82) is 0 Å². The van der Waals surface area contributed by atoms with E-state index >= 15 is 0 Å². The van der Waals surface area contributed by atoms with Gasteiger partial charge in [0.2, 0.25) is 0 Å². The first kappa shape index (κ1) is 22.3. The second-order valence-electron chi connectivity index (χ2n) is 11.9. The number of benzene rings is 1. The molecule has 3 nitrogen and oxygen atoms in total. The largest absolute Gasteiger partial charge is 0.296 e. The SMILES string of the molecule is CCC1CC(CC(C)(C)N2CC3CC2CN3Cc2ccccc2)CCN1C(C)(C)C. The van der Waals surface area contributed by atoms with E-state index in [4.69, 9.17) is 0 Å². The molecular weight excluding hydrogens is 366 g/mol. The van der Waals surface area contributed by atoms with Crippen LogP contribution in [0, 0.1) is 5.92 Å². The first-order chi connectivity index (χ1) is 14.2. The Morgan fingerprint density at radius 1 is 0.900 bits per heavy atom. The highest BCUT2D eigenvalue weighted by atomic mass is 15.4. The summed E-state index contributed by atoms with van der Waals surface area (Å²) in [5, 5.41) is 0. The maximum atomic E-state index is 2.89. The summed E-state index contributed by atoms with van der Waals surface area (Å²) >= 11 is 0. The average molecular weight is 412 g/mol. The van der Waals surface area contributed by atoms with Crippen LogP contribution in [0.5, 0.6) is 0 Å². The van der Waals surface area contributed by atoms with E-state index in [2.05, 4.69) is 86.6 Å². The van der Waals surface area contributed by atoms with Gasteiger partial charge in [-0.3, -0.25) is 14.7 Å². The fraction of sp³-hybridized carbons (Fsp3) is 0.778. The van der Waals surface area contributed by atoms with E-state index in [0.717, 1.165) is 30.6 Å². The lowest BCUT2D eigenvalue weighted by atomic mass is 9.79. The minimum absolute atomic E-state index is 0.303. The number of hydrogen-bond donors (Lipinski definition) is 0. The second kappa shape index (κ2) is 8.56. The third-order valence-electron chi connectivity index (χ3n) is 8.31. The molecule has 168 valence electrons. The predicted molar refractivity (Wildman–Crippen MR) is 128 cm³/mol. The molecule has 4 unspecified atom stereocenters. The number of hydrogen-bond acceptors (Lipinski definition) is 3. The van der Waals surface area contributed by atoms with Gasteiger partial charge in [-0.2, -0.15) is 0 Å². The highest BCUT2D eigenvalue weighted by Crippen LogP contribution is 2.41. The van der Waals surface area contributed by atoms with Crippen molar-refractivity contribution in [3.8, 4) is 0 Å².